The van der Waals surface area contributed by atoms with Crippen LogP contribution in [-0.2, 0) is 6.42 Å². The monoisotopic (exact) mass is 326 g/mol. The Morgan fingerprint density at radius 2 is 2.00 bits per heavy atom. The van der Waals surface area contributed by atoms with Crippen molar-refractivity contribution in [1.29, 1.82) is 0 Å². The van der Waals surface area contributed by atoms with Crippen molar-refractivity contribution in [2.24, 2.45) is 0 Å². The van der Waals surface area contributed by atoms with E-state index in [4.69, 9.17) is 4.98 Å². The Morgan fingerprint density at radius 1 is 1.21 bits per heavy atom. The Bertz CT molecular complexity index is 836. The Kier molecular flexibility index (Phi) is 4.88. The zero-order valence-electron chi connectivity index (χ0n) is 14.5. The summed E-state index contributed by atoms with van der Waals surface area (Å²) >= 11 is 0. The molecule has 126 valence electrons. The van der Waals surface area contributed by atoms with Crippen molar-refractivity contribution in [3.05, 3.63) is 42.0 Å². The molecule has 24 heavy (non-hydrogen) atoms. The molecule has 0 saturated heterocycles. The van der Waals surface area contributed by atoms with Gasteiger partial charge in [-0.2, -0.15) is 10.2 Å². The number of benzene rings is 1. The van der Waals surface area contributed by atoms with Crippen molar-refractivity contribution in [2.75, 3.05) is 0 Å². The number of hydrogen-bond acceptors (Lipinski definition) is 3. The largest absolute Gasteiger partial charge is 0.321 e. The molecule has 0 radical (unpaired) electrons. The molecule has 1 aliphatic rings. The predicted octanol–water partition coefficient (Wildman–Crippen LogP) is 4.95. The number of rotatable bonds is 4. The third-order valence-corrected chi connectivity index (χ3v) is 4.03. The van der Waals surface area contributed by atoms with Crippen LogP contribution in [0.1, 0.15) is 51.8 Å². The first-order chi connectivity index (χ1) is 11.8. The summed E-state index contributed by atoms with van der Waals surface area (Å²) in [5, 5.41) is 8.28. The number of aryl methyl sites for hydroxylation is 1. The van der Waals surface area contributed by atoms with Crippen molar-refractivity contribution in [3.8, 4) is 11.4 Å². The smallest absolute Gasteiger partial charge is 0.143 e. The van der Waals surface area contributed by atoms with Crippen LogP contribution >= 0.6 is 0 Å². The second kappa shape index (κ2) is 7.07. The quantitative estimate of drug-likeness (QED) is 0.681. The van der Waals surface area contributed by atoms with E-state index in [1.807, 2.05) is 19.9 Å². The van der Waals surface area contributed by atoms with E-state index in [1.165, 1.54) is 6.07 Å². The highest BCUT2D eigenvalue weighted by Gasteiger charge is 2.29. The molecule has 0 aliphatic heterocycles. The SMILES string of the molecule is CC.CCCc1cc(-c2nc3ccc(F)cc3n2C2CC2)cnn1. The standard InChI is InChI=1S/C17H17FN4.C2H6/c1-2-3-13-8-11(10-19-21-13)17-20-15-7-4-12(18)9-16(15)22(17)14-5-6-14;1-2/h4,7-10,14H,2-3,5-6H2,1H3;1-2H3. The van der Waals surface area contributed by atoms with Gasteiger partial charge < -0.3 is 4.57 Å². The second-order valence-electron chi connectivity index (χ2n) is 5.86. The molecule has 4 rings (SSSR count). The van der Waals surface area contributed by atoms with Gasteiger partial charge in [0.15, 0.2) is 0 Å². The fourth-order valence-corrected chi connectivity index (χ4v) is 2.88. The van der Waals surface area contributed by atoms with Crippen molar-refractivity contribution in [3.63, 3.8) is 0 Å². The van der Waals surface area contributed by atoms with Crippen molar-refractivity contribution in [1.82, 2.24) is 19.7 Å². The van der Waals surface area contributed by atoms with Gasteiger partial charge in [0.25, 0.3) is 0 Å². The molecule has 2 aromatic heterocycles. The van der Waals surface area contributed by atoms with Gasteiger partial charge in [0.1, 0.15) is 11.6 Å². The first kappa shape index (κ1) is 16.6. The van der Waals surface area contributed by atoms with E-state index < -0.39 is 0 Å². The van der Waals surface area contributed by atoms with E-state index in [9.17, 15) is 4.39 Å². The zero-order chi connectivity index (χ0) is 17.1. The number of nitrogens with zero attached hydrogens (tertiary/aromatic N) is 4. The highest BCUT2D eigenvalue weighted by Crippen LogP contribution is 2.41. The fraction of sp³-hybridized carbons (Fsp3) is 0.421. The predicted molar refractivity (Wildman–Crippen MR) is 94.3 cm³/mol. The minimum Gasteiger partial charge on any atom is -0.321 e. The molecule has 1 saturated carbocycles. The Balaban J connectivity index is 0.000000815. The minimum absolute atomic E-state index is 0.222. The van der Waals surface area contributed by atoms with Crippen LogP contribution in [0.2, 0.25) is 0 Å². The number of imidazole rings is 1. The molecule has 2 heterocycles. The van der Waals surface area contributed by atoms with Crippen LogP contribution in [0.15, 0.2) is 30.5 Å². The van der Waals surface area contributed by atoms with Crippen LogP contribution in [0.3, 0.4) is 0 Å². The zero-order valence-corrected chi connectivity index (χ0v) is 14.5. The fourth-order valence-electron chi connectivity index (χ4n) is 2.88. The van der Waals surface area contributed by atoms with Crippen molar-refractivity contribution in [2.45, 2.75) is 52.5 Å². The number of hydrogen-bond donors (Lipinski definition) is 0. The summed E-state index contributed by atoms with van der Waals surface area (Å²) in [7, 11) is 0. The minimum atomic E-state index is -0.222. The summed E-state index contributed by atoms with van der Waals surface area (Å²) in [4.78, 5) is 4.72. The highest BCUT2D eigenvalue weighted by molar-refractivity contribution is 5.81. The highest BCUT2D eigenvalue weighted by atomic mass is 19.1. The van der Waals surface area contributed by atoms with Crippen LogP contribution in [-0.4, -0.2) is 19.7 Å². The molecule has 1 fully saturated rings. The number of fused-ring (bicyclic) bond motifs is 1. The van der Waals surface area contributed by atoms with Gasteiger partial charge in [-0.1, -0.05) is 27.2 Å². The third-order valence-electron chi connectivity index (χ3n) is 4.03. The summed E-state index contributed by atoms with van der Waals surface area (Å²) in [6, 6.07) is 7.25. The lowest BCUT2D eigenvalue weighted by molar-refractivity contribution is 0.628. The van der Waals surface area contributed by atoms with E-state index in [1.54, 1.807) is 18.3 Å². The van der Waals surface area contributed by atoms with E-state index in [2.05, 4.69) is 21.7 Å². The molecule has 4 nitrogen and oxygen atoms in total. The lowest BCUT2D eigenvalue weighted by Gasteiger charge is -2.08. The molecule has 5 heteroatoms. The lowest BCUT2D eigenvalue weighted by atomic mass is 10.2. The van der Waals surface area contributed by atoms with Gasteiger partial charge in [-0.3, -0.25) is 0 Å². The lowest BCUT2D eigenvalue weighted by Crippen LogP contribution is -2.00. The van der Waals surface area contributed by atoms with E-state index >= 15 is 0 Å². The average Bonchev–Trinajstić information content (AvgIpc) is 3.38. The van der Waals surface area contributed by atoms with E-state index in [-0.39, 0.29) is 5.82 Å². The molecule has 0 atom stereocenters. The summed E-state index contributed by atoms with van der Waals surface area (Å²) in [5.41, 5.74) is 3.63. The number of aromatic nitrogens is 4. The normalized spacial score (nSPS) is 13.7. The maximum absolute atomic E-state index is 13.6. The molecule has 1 aromatic carbocycles. The van der Waals surface area contributed by atoms with Crippen LogP contribution < -0.4 is 0 Å². The molecule has 0 spiro atoms. The van der Waals surface area contributed by atoms with Crippen LogP contribution in [0.4, 0.5) is 4.39 Å². The Hall–Kier alpha value is -2.30. The maximum Gasteiger partial charge on any atom is 0.143 e. The number of halogens is 1. The van der Waals surface area contributed by atoms with E-state index in [0.717, 1.165) is 53.8 Å². The van der Waals surface area contributed by atoms with Crippen molar-refractivity contribution >= 4 is 11.0 Å². The Labute approximate surface area is 141 Å². The van der Waals surface area contributed by atoms with Gasteiger partial charge in [-0.15, -0.1) is 0 Å². The van der Waals surface area contributed by atoms with Gasteiger partial charge in [0, 0.05) is 11.6 Å². The Morgan fingerprint density at radius 3 is 2.71 bits per heavy atom. The molecule has 3 aromatic rings. The van der Waals surface area contributed by atoms with Crippen LogP contribution in [0.5, 0.6) is 0 Å². The molecule has 0 N–H and O–H groups in total. The first-order valence-electron chi connectivity index (χ1n) is 8.75. The molecule has 0 unspecified atom stereocenters. The topological polar surface area (TPSA) is 43.6 Å². The van der Waals surface area contributed by atoms with Crippen LogP contribution in [0.25, 0.3) is 22.4 Å². The van der Waals surface area contributed by atoms with Gasteiger partial charge in [-0.25, -0.2) is 9.37 Å². The summed E-state index contributed by atoms with van der Waals surface area (Å²) in [5.74, 6) is 0.649. The first-order valence-corrected chi connectivity index (χ1v) is 8.75. The molecule has 0 amide bonds. The third kappa shape index (κ3) is 3.16. The molecule has 1 aliphatic carbocycles. The van der Waals surface area contributed by atoms with Crippen LogP contribution in [0, 0.1) is 5.82 Å². The van der Waals surface area contributed by atoms with E-state index in [0.29, 0.717) is 6.04 Å². The average molecular weight is 326 g/mol. The maximum atomic E-state index is 13.6. The van der Waals surface area contributed by atoms with Gasteiger partial charge in [-0.05, 0) is 43.5 Å². The summed E-state index contributed by atoms with van der Waals surface area (Å²) in [6.45, 7) is 6.12. The summed E-state index contributed by atoms with van der Waals surface area (Å²) < 4.78 is 15.8. The molecular weight excluding hydrogens is 303 g/mol. The van der Waals surface area contributed by atoms with Gasteiger partial charge in [0.2, 0.25) is 0 Å². The van der Waals surface area contributed by atoms with Gasteiger partial charge in [0.05, 0.1) is 22.9 Å². The molecular formula is C19H23FN4. The molecule has 0 bridgehead atoms. The second-order valence-corrected chi connectivity index (χ2v) is 5.86. The van der Waals surface area contributed by atoms with Crippen molar-refractivity contribution < 1.29 is 4.39 Å². The van der Waals surface area contributed by atoms with Gasteiger partial charge >= 0.3 is 0 Å². The summed E-state index contributed by atoms with van der Waals surface area (Å²) in [6.07, 6.45) is 5.92.